The van der Waals surface area contributed by atoms with E-state index in [0.717, 1.165) is 17.9 Å². The van der Waals surface area contributed by atoms with E-state index >= 15 is 0 Å². The predicted molar refractivity (Wildman–Crippen MR) is 41.7 cm³/mol. The molecule has 1 fully saturated rings. The van der Waals surface area contributed by atoms with E-state index in [1.807, 2.05) is 18.3 Å². The highest BCUT2D eigenvalue weighted by Gasteiger charge is 2.27. The number of ether oxygens (including phenoxy) is 1. The Balaban J connectivity index is 2.23. The Bertz CT molecular complexity index is 386. The van der Waals surface area contributed by atoms with Crippen molar-refractivity contribution < 1.29 is 4.74 Å². The first-order chi connectivity index (χ1) is 5.93. The quantitative estimate of drug-likeness (QED) is 0.581. The van der Waals surface area contributed by atoms with Crippen LogP contribution in [0.1, 0.15) is 11.8 Å². The van der Waals surface area contributed by atoms with Crippen molar-refractivity contribution in [3.05, 3.63) is 30.2 Å². The predicted octanol–water partition coefficient (Wildman–Crippen LogP) is 0.801. The van der Waals surface area contributed by atoms with Gasteiger partial charge in [-0.3, -0.25) is 0 Å². The number of nitrogens with zero attached hydrogens (tertiary/aromatic N) is 3. The Morgan fingerprint density at radius 1 is 1.58 bits per heavy atom. The highest BCUT2D eigenvalue weighted by atomic mass is 16.6. The summed E-state index contributed by atoms with van der Waals surface area (Å²) in [6.07, 6.45) is 3.86. The van der Waals surface area contributed by atoms with Crippen molar-refractivity contribution in [2.24, 2.45) is 0 Å². The maximum atomic E-state index is 5.12. The molecule has 2 aromatic rings. The van der Waals surface area contributed by atoms with Crippen molar-refractivity contribution in [1.82, 2.24) is 14.6 Å². The van der Waals surface area contributed by atoms with Gasteiger partial charge >= 0.3 is 0 Å². The van der Waals surface area contributed by atoms with Crippen molar-refractivity contribution in [3.8, 4) is 0 Å². The van der Waals surface area contributed by atoms with Gasteiger partial charge in [0, 0.05) is 18.5 Å². The first kappa shape index (κ1) is 6.14. The monoisotopic (exact) mass is 161 g/mol. The minimum atomic E-state index is 0.215. The van der Waals surface area contributed by atoms with Gasteiger partial charge in [-0.25, -0.2) is 9.50 Å². The summed E-state index contributed by atoms with van der Waals surface area (Å²) in [4.78, 5) is 4.16. The first-order valence-electron chi connectivity index (χ1n) is 3.85. The molecule has 1 aliphatic heterocycles. The number of aromatic nitrogens is 3. The van der Waals surface area contributed by atoms with E-state index < -0.39 is 0 Å². The molecule has 0 bridgehead atoms. The Morgan fingerprint density at radius 3 is 3.25 bits per heavy atom. The standard InChI is InChI=1S/C8H7N3O/c1-2-9-8-4-6(7-5-12-7)10-11(8)3-1/h1-4,7H,5H2/t7-/m1/s1. The Kier molecular flexibility index (Phi) is 1.04. The summed E-state index contributed by atoms with van der Waals surface area (Å²) in [6, 6.07) is 3.81. The zero-order chi connectivity index (χ0) is 7.97. The minimum absolute atomic E-state index is 0.215. The maximum Gasteiger partial charge on any atom is 0.155 e. The van der Waals surface area contributed by atoms with Gasteiger partial charge < -0.3 is 4.74 Å². The average molecular weight is 161 g/mol. The van der Waals surface area contributed by atoms with Crippen LogP contribution in [0.3, 0.4) is 0 Å². The van der Waals surface area contributed by atoms with Gasteiger partial charge in [-0.05, 0) is 6.07 Å². The number of epoxide rings is 1. The van der Waals surface area contributed by atoms with Gasteiger partial charge in [0.15, 0.2) is 5.65 Å². The number of fused-ring (bicyclic) bond motifs is 1. The molecule has 0 N–H and O–H groups in total. The van der Waals surface area contributed by atoms with Crippen LogP contribution < -0.4 is 0 Å². The molecular formula is C8H7N3O. The molecule has 12 heavy (non-hydrogen) atoms. The van der Waals surface area contributed by atoms with Crippen LogP contribution in [-0.2, 0) is 4.74 Å². The molecule has 0 radical (unpaired) electrons. The van der Waals surface area contributed by atoms with Gasteiger partial charge in [-0.2, -0.15) is 5.10 Å². The summed E-state index contributed by atoms with van der Waals surface area (Å²) in [5, 5.41) is 4.30. The molecule has 0 saturated carbocycles. The molecule has 4 nitrogen and oxygen atoms in total. The van der Waals surface area contributed by atoms with Crippen LogP contribution in [0.2, 0.25) is 0 Å². The fourth-order valence-electron chi connectivity index (χ4n) is 1.22. The van der Waals surface area contributed by atoms with Crippen LogP contribution in [0.4, 0.5) is 0 Å². The average Bonchev–Trinajstić information content (AvgIpc) is 2.85. The fourth-order valence-corrected chi connectivity index (χ4v) is 1.22. The second kappa shape index (κ2) is 2.04. The SMILES string of the molecule is c1cnc2cc([C@H]3CO3)nn2c1. The van der Waals surface area contributed by atoms with Gasteiger partial charge in [0.2, 0.25) is 0 Å². The zero-order valence-corrected chi connectivity index (χ0v) is 6.34. The van der Waals surface area contributed by atoms with E-state index in [0.29, 0.717) is 0 Å². The lowest BCUT2D eigenvalue weighted by Gasteiger charge is -1.86. The molecule has 4 heteroatoms. The van der Waals surface area contributed by atoms with Crippen molar-refractivity contribution >= 4 is 5.65 Å². The summed E-state index contributed by atoms with van der Waals surface area (Å²) in [5.74, 6) is 0. The zero-order valence-electron chi connectivity index (χ0n) is 6.34. The molecule has 1 saturated heterocycles. The lowest BCUT2D eigenvalue weighted by atomic mass is 10.3. The molecule has 0 unspecified atom stereocenters. The molecule has 0 aromatic carbocycles. The highest BCUT2D eigenvalue weighted by molar-refractivity contribution is 5.39. The molecular weight excluding hydrogens is 154 g/mol. The highest BCUT2D eigenvalue weighted by Crippen LogP contribution is 2.28. The van der Waals surface area contributed by atoms with Crippen LogP contribution in [-0.4, -0.2) is 21.2 Å². The lowest BCUT2D eigenvalue weighted by molar-refractivity contribution is 0.410. The fraction of sp³-hybridized carbons (Fsp3) is 0.250. The van der Waals surface area contributed by atoms with E-state index in [4.69, 9.17) is 4.74 Å². The van der Waals surface area contributed by atoms with Crippen LogP contribution in [0.25, 0.3) is 5.65 Å². The van der Waals surface area contributed by atoms with E-state index in [1.165, 1.54) is 0 Å². The Labute approximate surface area is 68.8 Å². The third-order valence-corrected chi connectivity index (χ3v) is 1.92. The van der Waals surface area contributed by atoms with Crippen molar-refractivity contribution in [2.45, 2.75) is 6.10 Å². The van der Waals surface area contributed by atoms with Gasteiger partial charge in [-0.1, -0.05) is 0 Å². The number of hydrogen-bond acceptors (Lipinski definition) is 3. The second-order valence-electron chi connectivity index (χ2n) is 2.81. The molecule has 3 heterocycles. The van der Waals surface area contributed by atoms with E-state index in [2.05, 4.69) is 10.1 Å². The summed E-state index contributed by atoms with van der Waals surface area (Å²) >= 11 is 0. The van der Waals surface area contributed by atoms with Gasteiger partial charge in [0.05, 0.1) is 12.3 Å². The molecule has 0 aliphatic carbocycles. The third-order valence-electron chi connectivity index (χ3n) is 1.92. The van der Waals surface area contributed by atoms with Crippen LogP contribution >= 0.6 is 0 Å². The smallest absolute Gasteiger partial charge is 0.155 e. The minimum Gasteiger partial charge on any atom is -0.366 e. The summed E-state index contributed by atoms with van der Waals surface area (Å²) in [7, 11) is 0. The van der Waals surface area contributed by atoms with Crippen molar-refractivity contribution in [1.29, 1.82) is 0 Å². The maximum absolute atomic E-state index is 5.12. The van der Waals surface area contributed by atoms with Crippen LogP contribution in [0.5, 0.6) is 0 Å². The van der Waals surface area contributed by atoms with Gasteiger partial charge in [0.25, 0.3) is 0 Å². The third kappa shape index (κ3) is 0.816. The molecule has 0 amide bonds. The molecule has 60 valence electrons. The molecule has 1 atom stereocenters. The van der Waals surface area contributed by atoms with Crippen molar-refractivity contribution in [2.75, 3.05) is 6.61 Å². The van der Waals surface area contributed by atoms with Crippen molar-refractivity contribution in [3.63, 3.8) is 0 Å². The molecule has 1 aliphatic rings. The molecule has 2 aromatic heterocycles. The van der Waals surface area contributed by atoms with E-state index in [9.17, 15) is 0 Å². The van der Waals surface area contributed by atoms with Crippen LogP contribution in [0.15, 0.2) is 24.5 Å². The van der Waals surface area contributed by atoms with Crippen LogP contribution in [0, 0.1) is 0 Å². The van der Waals surface area contributed by atoms with E-state index in [-0.39, 0.29) is 6.10 Å². The van der Waals surface area contributed by atoms with Gasteiger partial charge in [0.1, 0.15) is 6.10 Å². The molecule has 0 spiro atoms. The summed E-state index contributed by atoms with van der Waals surface area (Å²) < 4.78 is 6.88. The first-order valence-corrected chi connectivity index (χ1v) is 3.85. The largest absolute Gasteiger partial charge is 0.366 e. The van der Waals surface area contributed by atoms with Gasteiger partial charge in [-0.15, -0.1) is 0 Å². The second-order valence-corrected chi connectivity index (χ2v) is 2.81. The Hall–Kier alpha value is -1.42. The van der Waals surface area contributed by atoms with E-state index in [1.54, 1.807) is 10.7 Å². The lowest BCUT2D eigenvalue weighted by Crippen LogP contribution is -1.87. The normalized spacial score (nSPS) is 21.5. The Morgan fingerprint density at radius 2 is 2.50 bits per heavy atom. The number of hydrogen-bond donors (Lipinski definition) is 0. The topological polar surface area (TPSA) is 42.7 Å². The molecule has 3 rings (SSSR count). The summed E-state index contributed by atoms with van der Waals surface area (Å²) in [6.45, 7) is 0.796. The number of rotatable bonds is 1. The summed E-state index contributed by atoms with van der Waals surface area (Å²) in [5.41, 5.74) is 1.86.